The highest BCUT2D eigenvalue weighted by Gasteiger charge is 2.41. The molecule has 21 nitrogen and oxygen atoms in total. The number of hydrogen-bond acceptors (Lipinski definition) is 16. The minimum atomic E-state index is -3.57. The van der Waals surface area contributed by atoms with E-state index in [1.54, 1.807) is 28.1 Å². The van der Waals surface area contributed by atoms with Crippen LogP contribution in [0.25, 0.3) is 0 Å². The molecule has 5 rings (SSSR count). The first-order valence-corrected chi connectivity index (χ1v) is 30.4. The van der Waals surface area contributed by atoms with Crippen LogP contribution in [0.3, 0.4) is 0 Å². The van der Waals surface area contributed by atoms with Gasteiger partial charge in [-0.3, -0.25) is 22.8 Å². The van der Waals surface area contributed by atoms with Gasteiger partial charge in [0.05, 0.1) is 99.6 Å². The molecule has 15 atom stereocenters. The third-order valence-electron chi connectivity index (χ3n) is 10.8. The zero-order valence-corrected chi connectivity index (χ0v) is 40.9. The Bertz CT molecular complexity index is 1760. The summed E-state index contributed by atoms with van der Waals surface area (Å²) in [4.78, 5) is 0. The van der Waals surface area contributed by atoms with Crippen molar-refractivity contribution in [1.29, 1.82) is 0 Å². The minimum absolute atomic E-state index is 0.00661. The quantitative estimate of drug-likeness (QED) is 0.174. The fraction of sp³-hybridized carbons (Fsp3) is 1.00. The van der Waals surface area contributed by atoms with Crippen molar-refractivity contribution in [2.24, 2.45) is 0 Å². The highest BCUT2D eigenvalue weighted by atomic mass is 31.2. The van der Waals surface area contributed by atoms with Gasteiger partial charge < -0.3 is 51.6 Å². The maximum Gasteiger partial charge on any atom is 0.269 e. The Hall–Kier alpha value is 0.510. The maximum absolute atomic E-state index is 14.1. The minimum Gasteiger partial charge on any atom is -0.373 e. The Balaban J connectivity index is 1.09. The first-order valence-electron chi connectivity index (χ1n) is 22.0. The molecule has 60 heavy (non-hydrogen) atoms. The molecular weight excluding hydrogens is 887 g/mol. The third kappa shape index (κ3) is 15.3. The van der Waals surface area contributed by atoms with Crippen molar-refractivity contribution in [1.82, 2.24) is 28.7 Å². The molecule has 5 aliphatic rings. The van der Waals surface area contributed by atoms with E-state index < -0.39 is 81.8 Å². The van der Waals surface area contributed by atoms with Crippen molar-refractivity contribution in [2.75, 3.05) is 166 Å². The first-order chi connectivity index (χ1) is 29.2. The Labute approximate surface area is 361 Å². The summed E-state index contributed by atoms with van der Waals surface area (Å²) in [6.45, 7) is 9.66. The summed E-state index contributed by atoms with van der Waals surface area (Å²) in [7, 11) is -13.7. The van der Waals surface area contributed by atoms with Crippen LogP contribution in [0.15, 0.2) is 0 Å². The molecule has 5 unspecified atom stereocenters. The van der Waals surface area contributed by atoms with Gasteiger partial charge in [-0.05, 0) is 27.9 Å². The second kappa shape index (κ2) is 22.3. The zero-order valence-electron chi connectivity index (χ0n) is 39.5. The topological polar surface area (TPSA) is 206 Å². The SMILES string of the molecule is [3H][C@H]1CN(P(C)(=O)OC[C@@H]2CN(P(C)(=O)OC[C@@H]3CN(P(C)(=O)OC[C@@H]4CN(P(C)(=O)OC[C@@H]5CNC[C@H](C)O5)C[C@H]([3H])O4)C[C@H]([3H])O3)C[C@H](C)O2)C[C@@H](COP(C)(=O)N(C)C)O1. The van der Waals surface area contributed by atoms with Crippen LogP contribution in [0, 0.1) is 0 Å². The van der Waals surface area contributed by atoms with Gasteiger partial charge in [0.15, 0.2) is 0 Å². The summed E-state index contributed by atoms with van der Waals surface area (Å²) in [5.41, 5.74) is 0. The van der Waals surface area contributed by atoms with E-state index in [1.807, 2.05) is 13.8 Å². The molecule has 352 valence electrons. The number of rotatable bonds is 20. The molecule has 5 heterocycles. The molecule has 26 heteroatoms. The van der Waals surface area contributed by atoms with Crippen molar-refractivity contribution in [3.8, 4) is 0 Å². The van der Waals surface area contributed by atoms with Crippen molar-refractivity contribution in [3.05, 3.63) is 0 Å². The lowest BCUT2D eigenvalue weighted by Crippen LogP contribution is -2.48. The second-order valence-electron chi connectivity index (χ2n) is 16.4. The van der Waals surface area contributed by atoms with E-state index in [-0.39, 0.29) is 104 Å². The highest BCUT2D eigenvalue weighted by molar-refractivity contribution is 7.56. The van der Waals surface area contributed by atoms with E-state index in [4.69, 9.17) is 50.4 Å². The van der Waals surface area contributed by atoms with Crippen molar-refractivity contribution in [2.45, 2.75) is 56.6 Å². The molecule has 0 aliphatic carbocycles. The Kier molecular flexibility index (Phi) is 17.5. The molecule has 0 bridgehead atoms. The standard InChI is InChI=1S/C34H71N6O15P5/c1-28-16-35-17-30(54-28)23-50-57(6,42)37-10-14-47-32(20-37)25-51-58(7,43)38-11-15-48-33(21-38)26-52-60(9,45)40-18-29(2)55-34(22-40)27-53-59(8,44)39-12-13-46-31(19-39)24-49-56(5,41)36(3)4/h28-35H,10-27H2,1-9H3/t28-,29-,30-,31-,32-,33-,34-,56?,57?,58?,59?,60?/m0/s1/i13T,14T,15T/t13-,14-,15-,28-,29-,30-,31-,32-,33-,34-,56?,57?,58?,59?,60?. The summed E-state index contributed by atoms with van der Waals surface area (Å²) < 4.78 is 160. The summed E-state index contributed by atoms with van der Waals surface area (Å²) in [6.07, 6.45) is -3.42. The fourth-order valence-corrected chi connectivity index (χ4v) is 13.6. The molecule has 0 saturated carbocycles. The van der Waals surface area contributed by atoms with Gasteiger partial charge in [0, 0.05) is 98.8 Å². The predicted molar refractivity (Wildman–Crippen MR) is 228 cm³/mol. The third-order valence-corrected chi connectivity index (χ3v) is 20.8. The van der Waals surface area contributed by atoms with E-state index >= 15 is 0 Å². The molecule has 5 saturated heterocycles. The van der Waals surface area contributed by atoms with Crippen LogP contribution in [0.2, 0.25) is 0 Å². The van der Waals surface area contributed by atoms with E-state index in [2.05, 4.69) is 5.32 Å². The predicted octanol–water partition coefficient (Wildman–Crippen LogP) is 3.31. The van der Waals surface area contributed by atoms with Gasteiger partial charge in [0.1, 0.15) is 0 Å². The normalized spacial score (nSPS) is 39.3. The fourth-order valence-electron chi connectivity index (χ4n) is 6.95. The van der Waals surface area contributed by atoms with Gasteiger partial charge >= 0.3 is 0 Å². The van der Waals surface area contributed by atoms with Crippen LogP contribution in [-0.4, -0.2) is 232 Å². The maximum atomic E-state index is 14.1. The average molecular weight is 965 g/mol. The lowest BCUT2D eigenvalue weighted by Gasteiger charge is -2.41. The molecule has 5 fully saturated rings. The summed E-state index contributed by atoms with van der Waals surface area (Å²) in [5, 5.41) is 3.25. The Morgan fingerprint density at radius 2 is 0.900 bits per heavy atom. The van der Waals surface area contributed by atoms with E-state index in [1.165, 1.54) is 42.7 Å². The summed E-state index contributed by atoms with van der Waals surface area (Å²) in [6, 6.07) is 0. The number of nitrogens with zero attached hydrogens (tertiary/aromatic N) is 5. The van der Waals surface area contributed by atoms with Gasteiger partial charge in [0.2, 0.25) is 0 Å². The van der Waals surface area contributed by atoms with Crippen LogP contribution >= 0.6 is 37.6 Å². The van der Waals surface area contributed by atoms with Crippen molar-refractivity contribution < 1.29 is 73.2 Å². The van der Waals surface area contributed by atoms with Crippen molar-refractivity contribution >= 4 is 37.6 Å². The molecule has 5 aliphatic heterocycles. The number of morpholine rings is 5. The van der Waals surface area contributed by atoms with Crippen LogP contribution < -0.4 is 5.32 Å². The number of ether oxygens (including phenoxy) is 5. The zero-order chi connectivity index (χ0) is 46.5. The van der Waals surface area contributed by atoms with Gasteiger partial charge in [0.25, 0.3) is 37.6 Å². The second-order valence-corrected chi connectivity index (χ2v) is 28.8. The molecule has 0 aromatic heterocycles. The lowest BCUT2D eigenvalue weighted by atomic mass is 10.2. The van der Waals surface area contributed by atoms with Crippen LogP contribution in [0.4, 0.5) is 0 Å². The largest absolute Gasteiger partial charge is 0.373 e. The van der Waals surface area contributed by atoms with E-state index in [0.29, 0.717) is 6.54 Å². The number of hydrogen-bond donors (Lipinski definition) is 1. The Morgan fingerprint density at radius 3 is 1.33 bits per heavy atom. The molecule has 0 aromatic rings. The Morgan fingerprint density at radius 1 is 0.533 bits per heavy atom. The van der Waals surface area contributed by atoms with Gasteiger partial charge in [-0.25, -0.2) is 23.4 Å². The summed E-state index contributed by atoms with van der Waals surface area (Å²) in [5.74, 6) is 0. The molecule has 0 aromatic carbocycles. The highest BCUT2D eigenvalue weighted by Crippen LogP contribution is 2.53. The lowest BCUT2D eigenvalue weighted by molar-refractivity contribution is -0.0778. The molecule has 0 amide bonds. The average Bonchev–Trinajstić information content (AvgIpc) is 3.19. The van der Waals surface area contributed by atoms with Gasteiger partial charge in [-0.2, -0.15) is 0 Å². The molecular formula is C34H71N6O15P5. The van der Waals surface area contributed by atoms with E-state index in [0.717, 1.165) is 6.54 Å². The van der Waals surface area contributed by atoms with Crippen molar-refractivity contribution in [3.63, 3.8) is 0 Å². The summed E-state index contributed by atoms with van der Waals surface area (Å²) >= 11 is 0. The van der Waals surface area contributed by atoms with Crippen LogP contribution in [0.5, 0.6) is 0 Å². The van der Waals surface area contributed by atoms with Gasteiger partial charge in [-0.1, -0.05) is 0 Å². The molecule has 0 radical (unpaired) electrons. The van der Waals surface area contributed by atoms with Crippen LogP contribution in [0.1, 0.15) is 18.0 Å². The molecule has 1 N–H and O–H groups in total. The van der Waals surface area contributed by atoms with Gasteiger partial charge in [-0.15, -0.1) is 0 Å². The van der Waals surface area contributed by atoms with E-state index in [9.17, 15) is 22.8 Å². The monoisotopic (exact) mass is 964 g/mol. The van der Waals surface area contributed by atoms with Crippen LogP contribution in [-0.2, 0) is 69.1 Å². The molecule has 0 spiro atoms. The smallest absolute Gasteiger partial charge is 0.269 e. The first kappa shape index (κ1) is 47.0. The number of nitrogens with one attached hydrogen (secondary N) is 1.